The molecule has 0 saturated heterocycles. The third kappa shape index (κ3) is 3.05. The molecule has 0 spiro atoms. The van der Waals surface area contributed by atoms with Crippen molar-refractivity contribution in [1.29, 1.82) is 0 Å². The second kappa shape index (κ2) is 5.18. The van der Waals surface area contributed by atoms with E-state index in [1.807, 2.05) is 13.8 Å². The number of nitrogens with zero attached hydrogens (tertiary/aromatic N) is 1. The van der Waals surface area contributed by atoms with E-state index < -0.39 is 10.0 Å². The SMILES string of the molecule is CCc1ccc(S(=O)(=O)Nc2ncc(C)s2)cc1N. The van der Waals surface area contributed by atoms with E-state index in [2.05, 4.69) is 9.71 Å². The number of aryl methyl sites for hydroxylation is 2. The van der Waals surface area contributed by atoms with Gasteiger partial charge in [0.1, 0.15) is 0 Å². The van der Waals surface area contributed by atoms with Crippen LogP contribution in [-0.4, -0.2) is 13.4 Å². The minimum atomic E-state index is -3.63. The molecule has 3 N–H and O–H groups in total. The maximum absolute atomic E-state index is 12.2. The van der Waals surface area contributed by atoms with Gasteiger partial charge in [-0.05, 0) is 31.0 Å². The van der Waals surface area contributed by atoms with Crippen molar-refractivity contribution in [3.05, 3.63) is 34.8 Å². The molecular weight excluding hydrogens is 282 g/mol. The minimum Gasteiger partial charge on any atom is -0.398 e. The molecule has 1 aromatic heterocycles. The number of nitrogens with one attached hydrogen (secondary N) is 1. The van der Waals surface area contributed by atoms with Gasteiger partial charge >= 0.3 is 0 Å². The molecule has 0 atom stereocenters. The molecule has 0 unspecified atom stereocenters. The zero-order valence-corrected chi connectivity index (χ0v) is 12.3. The van der Waals surface area contributed by atoms with E-state index in [4.69, 9.17) is 5.73 Å². The minimum absolute atomic E-state index is 0.148. The Morgan fingerprint density at radius 2 is 2.16 bits per heavy atom. The van der Waals surface area contributed by atoms with Crippen LogP contribution in [-0.2, 0) is 16.4 Å². The molecule has 0 fully saturated rings. The molecule has 1 aromatic carbocycles. The van der Waals surface area contributed by atoms with Gasteiger partial charge in [0.15, 0.2) is 5.13 Å². The van der Waals surface area contributed by atoms with Crippen molar-refractivity contribution in [2.24, 2.45) is 0 Å². The maximum Gasteiger partial charge on any atom is 0.263 e. The summed E-state index contributed by atoms with van der Waals surface area (Å²) in [7, 11) is -3.63. The Morgan fingerprint density at radius 3 is 2.68 bits per heavy atom. The normalized spacial score (nSPS) is 11.5. The zero-order chi connectivity index (χ0) is 14.0. The van der Waals surface area contributed by atoms with Crippen LogP contribution in [0.15, 0.2) is 29.3 Å². The van der Waals surface area contributed by atoms with Crippen LogP contribution in [0.5, 0.6) is 0 Å². The summed E-state index contributed by atoms with van der Waals surface area (Å²) in [5.74, 6) is 0. The van der Waals surface area contributed by atoms with Crippen molar-refractivity contribution < 1.29 is 8.42 Å². The van der Waals surface area contributed by atoms with E-state index in [1.54, 1.807) is 18.3 Å². The summed E-state index contributed by atoms with van der Waals surface area (Å²) in [6.07, 6.45) is 2.39. The Morgan fingerprint density at radius 1 is 1.42 bits per heavy atom. The van der Waals surface area contributed by atoms with Gasteiger partial charge in [-0.25, -0.2) is 13.4 Å². The molecule has 0 aliphatic carbocycles. The van der Waals surface area contributed by atoms with E-state index in [0.717, 1.165) is 16.9 Å². The first-order chi connectivity index (χ1) is 8.92. The molecule has 1 heterocycles. The second-order valence-electron chi connectivity index (χ2n) is 4.10. The summed E-state index contributed by atoms with van der Waals surface area (Å²) >= 11 is 1.29. The van der Waals surface area contributed by atoms with E-state index in [1.165, 1.54) is 17.4 Å². The van der Waals surface area contributed by atoms with Crippen molar-refractivity contribution in [3.63, 3.8) is 0 Å². The number of hydrogen-bond acceptors (Lipinski definition) is 5. The summed E-state index contributed by atoms with van der Waals surface area (Å²) in [4.78, 5) is 5.07. The highest BCUT2D eigenvalue weighted by atomic mass is 32.2. The van der Waals surface area contributed by atoms with Gasteiger partial charge in [-0.1, -0.05) is 13.0 Å². The Bertz CT molecular complexity index is 693. The average Bonchev–Trinajstić information content (AvgIpc) is 2.73. The van der Waals surface area contributed by atoms with E-state index >= 15 is 0 Å². The number of nitrogen functional groups attached to an aromatic ring is 1. The highest BCUT2D eigenvalue weighted by Crippen LogP contribution is 2.23. The number of nitrogens with two attached hydrogens (primary N) is 1. The lowest BCUT2D eigenvalue weighted by Gasteiger charge is -2.08. The molecule has 0 radical (unpaired) electrons. The predicted octanol–water partition coefficient (Wildman–Crippen LogP) is 2.40. The Balaban J connectivity index is 2.31. The van der Waals surface area contributed by atoms with Crippen LogP contribution in [0.2, 0.25) is 0 Å². The van der Waals surface area contributed by atoms with E-state index in [0.29, 0.717) is 10.8 Å². The molecule has 0 aliphatic heterocycles. The van der Waals surface area contributed by atoms with E-state index in [-0.39, 0.29) is 4.90 Å². The Kier molecular flexibility index (Phi) is 3.77. The van der Waals surface area contributed by atoms with Gasteiger partial charge in [0.2, 0.25) is 0 Å². The van der Waals surface area contributed by atoms with Crippen molar-refractivity contribution >= 4 is 32.2 Å². The molecule has 0 bridgehead atoms. The fourth-order valence-electron chi connectivity index (χ4n) is 1.64. The largest absolute Gasteiger partial charge is 0.398 e. The number of aromatic nitrogens is 1. The molecule has 2 aromatic rings. The summed E-state index contributed by atoms with van der Waals surface area (Å²) in [5, 5.41) is 0.357. The van der Waals surface area contributed by atoms with Gasteiger partial charge in [-0.2, -0.15) is 0 Å². The maximum atomic E-state index is 12.2. The van der Waals surface area contributed by atoms with Gasteiger partial charge < -0.3 is 5.73 Å². The number of sulfonamides is 1. The van der Waals surface area contributed by atoms with Gasteiger partial charge in [0.25, 0.3) is 10.0 Å². The number of anilines is 2. The zero-order valence-electron chi connectivity index (χ0n) is 10.7. The number of thiazole rings is 1. The first-order valence-corrected chi connectivity index (χ1v) is 8.06. The summed E-state index contributed by atoms with van der Waals surface area (Å²) in [5.41, 5.74) is 7.24. The molecule has 2 rings (SSSR count). The number of benzene rings is 1. The quantitative estimate of drug-likeness (QED) is 0.849. The van der Waals surface area contributed by atoms with Gasteiger partial charge in [0.05, 0.1) is 4.90 Å². The monoisotopic (exact) mass is 297 g/mol. The first kappa shape index (κ1) is 13.8. The standard InChI is InChI=1S/C12H15N3O2S2/c1-3-9-4-5-10(6-11(9)13)19(16,17)15-12-14-7-8(2)18-12/h4-7H,3,13H2,1-2H3,(H,14,15). The molecule has 102 valence electrons. The van der Waals surface area contributed by atoms with E-state index in [9.17, 15) is 8.42 Å². The Labute approximate surface area is 116 Å². The molecule has 0 saturated carbocycles. The van der Waals surface area contributed by atoms with Crippen LogP contribution < -0.4 is 10.5 Å². The van der Waals surface area contributed by atoms with Crippen LogP contribution in [0, 0.1) is 6.92 Å². The van der Waals surface area contributed by atoms with Gasteiger partial charge in [-0.3, -0.25) is 4.72 Å². The van der Waals surface area contributed by atoms with Crippen LogP contribution in [0.4, 0.5) is 10.8 Å². The third-order valence-corrected chi connectivity index (χ3v) is 4.95. The molecule has 5 nitrogen and oxygen atoms in total. The smallest absolute Gasteiger partial charge is 0.263 e. The predicted molar refractivity (Wildman–Crippen MR) is 77.9 cm³/mol. The molecule has 0 amide bonds. The third-order valence-electron chi connectivity index (χ3n) is 2.65. The molecule has 19 heavy (non-hydrogen) atoms. The highest BCUT2D eigenvalue weighted by Gasteiger charge is 2.16. The highest BCUT2D eigenvalue weighted by molar-refractivity contribution is 7.93. The number of hydrogen-bond donors (Lipinski definition) is 2. The van der Waals surface area contributed by atoms with Crippen LogP contribution >= 0.6 is 11.3 Å². The van der Waals surface area contributed by atoms with Crippen molar-refractivity contribution in [1.82, 2.24) is 4.98 Å². The lowest BCUT2D eigenvalue weighted by Crippen LogP contribution is -2.13. The van der Waals surface area contributed by atoms with Crippen molar-refractivity contribution in [3.8, 4) is 0 Å². The lowest BCUT2D eigenvalue weighted by molar-refractivity contribution is 0.601. The molecular formula is C12H15N3O2S2. The van der Waals surface area contributed by atoms with Crippen LogP contribution in [0.1, 0.15) is 17.4 Å². The molecule has 0 aliphatic rings. The van der Waals surface area contributed by atoms with Gasteiger partial charge in [0, 0.05) is 16.8 Å². The Hall–Kier alpha value is -1.60. The summed E-state index contributed by atoms with van der Waals surface area (Å²) in [6.45, 7) is 3.83. The fourth-order valence-corrected chi connectivity index (χ4v) is 3.58. The van der Waals surface area contributed by atoms with Crippen LogP contribution in [0.3, 0.4) is 0 Å². The van der Waals surface area contributed by atoms with Crippen molar-refractivity contribution in [2.75, 3.05) is 10.5 Å². The molecule has 7 heteroatoms. The summed E-state index contributed by atoms with van der Waals surface area (Å²) < 4.78 is 26.8. The topological polar surface area (TPSA) is 85.1 Å². The number of rotatable bonds is 4. The van der Waals surface area contributed by atoms with Gasteiger partial charge in [-0.15, -0.1) is 11.3 Å². The first-order valence-electron chi connectivity index (χ1n) is 5.76. The summed E-state index contributed by atoms with van der Waals surface area (Å²) in [6, 6.07) is 4.76. The average molecular weight is 297 g/mol. The van der Waals surface area contributed by atoms with Crippen molar-refractivity contribution in [2.45, 2.75) is 25.2 Å². The fraction of sp³-hybridized carbons (Fsp3) is 0.250. The van der Waals surface area contributed by atoms with Crippen LogP contribution in [0.25, 0.3) is 0 Å². The second-order valence-corrected chi connectivity index (χ2v) is 7.01. The lowest BCUT2D eigenvalue weighted by atomic mass is 10.1.